The Labute approximate surface area is 193 Å². The maximum absolute atomic E-state index is 4.85. The van der Waals surface area contributed by atoms with Gasteiger partial charge in [0.2, 0.25) is 0 Å². The molecule has 0 bridgehead atoms. The van der Waals surface area contributed by atoms with E-state index in [1.165, 1.54) is 125 Å². The number of aryl methyl sites for hydroxylation is 1. The van der Waals surface area contributed by atoms with Gasteiger partial charge in [-0.1, -0.05) is 39.0 Å². The summed E-state index contributed by atoms with van der Waals surface area (Å²) >= 11 is 9.53. The van der Waals surface area contributed by atoms with Gasteiger partial charge in [-0.05, 0) is 0 Å². The first kappa shape index (κ1) is 24.1. The van der Waals surface area contributed by atoms with E-state index < -0.39 is 0 Å². The van der Waals surface area contributed by atoms with Crippen LogP contribution >= 0.6 is 43.2 Å². The molecule has 0 aromatic carbocycles. The van der Waals surface area contributed by atoms with Crippen molar-refractivity contribution >= 4 is 67.5 Å². The van der Waals surface area contributed by atoms with Gasteiger partial charge >= 0.3 is 155 Å². The van der Waals surface area contributed by atoms with Crippen molar-refractivity contribution in [3.63, 3.8) is 0 Å². The number of aromatic nitrogens is 1. The average molecular weight is 584 g/mol. The number of halogens is 2. The van der Waals surface area contributed by atoms with Crippen molar-refractivity contribution in [3.8, 4) is 0 Å². The van der Waals surface area contributed by atoms with E-state index in [-0.39, 0.29) is 0 Å². The molecule has 0 fully saturated rings. The molecule has 0 aliphatic rings. The SMILES string of the molecule is CCCCCCCCCCCCCCCCCc1nc2c(Br)sc(Br)c2[se]1. The normalized spacial score (nSPS) is 11.7. The number of fused-ring (bicyclic) bond motifs is 1. The number of rotatable bonds is 16. The summed E-state index contributed by atoms with van der Waals surface area (Å²) in [5.41, 5.74) is 1.21. The van der Waals surface area contributed by atoms with E-state index in [1.807, 2.05) is 0 Å². The maximum atomic E-state index is 4.85. The number of thiophene rings is 1. The molecule has 0 amide bonds. The van der Waals surface area contributed by atoms with Gasteiger partial charge in [-0.2, -0.15) is 0 Å². The van der Waals surface area contributed by atoms with E-state index in [1.54, 1.807) is 11.3 Å². The van der Waals surface area contributed by atoms with E-state index >= 15 is 0 Å². The molecule has 5 heteroatoms. The van der Waals surface area contributed by atoms with Crippen LogP contribution in [0, 0.1) is 0 Å². The van der Waals surface area contributed by atoms with Crippen molar-refractivity contribution in [1.82, 2.24) is 4.98 Å². The van der Waals surface area contributed by atoms with Gasteiger partial charge in [-0.25, -0.2) is 0 Å². The Bertz CT molecular complexity index is 603. The van der Waals surface area contributed by atoms with Gasteiger partial charge in [-0.15, -0.1) is 0 Å². The van der Waals surface area contributed by atoms with Crippen molar-refractivity contribution < 1.29 is 0 Å². The van der Waals surface area contributed by atoms with Crippen molar-refractivity contribution in [3.05, 3.63) is 12.1 Å². The summed E-state index contributed by atoms with van der Waals surface area (Å²) in [6.45, 7) is 2.29. The summed E-state index contributed by atoms with van der Waals surface area (Å²) in [7, 11) is 0. The molecule has 0 radical (unpaired) electrons. The molecule has 0 saturated carbocycles. The zero-order valence-electron chi connectivity index (χ0n) is 16.8. The van der Waals surface area contributed by atoms with E-state index in [0.717, 1.165) is 0 Å². The first-order valence-electron chi connectivity index (χ1n) is 11.0. The summed E-state index contributed by atoms with van der Waals surface area (Å²) < 4.78 is 5.36. The molecule has 2 rings (SSSR count). The quantitative estimate of drug-likeness (QED) is 0.142. The minimum atomic E-state index is 0.451. The molecule has 154 valence electrons. The van der Waals surface area contributed by atoms with Gasteiger partial charge in [-0.3, -0.25) is 0 Å². The third-order valence-electron chi connectivity index (χ3n) is 5.21. The molecule has 0 atom stereocenters. The van der Waals surface area contributed by atoms with Gasteiger partial charge in [0.15, 0.2) is 0 Å². The van der Waals surface area contributed by atoms with Crippen LogP contribution in [0.3, 0.4) is 0 Å². The molecule has 0 unspecified atom stereocenters. The molecule has 2 heterocycles. The Morgan fingerprint density at radius 2 is 1.19 bits per heavy atom. The Morgan fingerprint density at radius 3 is 1.67 bits per heavy atom. The summed E-state index contributed by atoms with van der Waals surface area (Å²) in [5.74, 6) is 0. The van der Waals surface area contributed by atoms with Crippen LogP contribution in [-0.4, -0.2) is 19.5 Å². The average Bonchev–Trinajstić information content (AvgIpc) is 3.19. The third-order valence-corrected chi connectivity index (χ3v) is 11.0. The topological polar surface area (TPSA) is 12.9 Å². The van der Waals surface area contributed by atoms with E-state index in [9.17, 15) is 0 Å². The first-order chi connectivity index (χ1) is 13.2. The monoisotopic (exact) mass is 583 g/mol. The molecule has 0 aliphatic heterocycles. The van der Waals surface area contributed by atoms with Crippen LogP contribution in [0.2, 0.25) is 0 Å². The molecule has 1 nitrogen and oxygen atoms in total. The molecule has 0 N–H and O–H groups in total. The second-order valence-electron chi connectivity index (χ2n) is 7.63. The van der Waals surface area contributed by atoms with Crippen LogP contribution in [0.15, 0.2) is 7.57 Å². The number of nitrogens with zero attached hydrogens (tertiary/aromatic N) is 1. The second kappa shape index (κ2) is 14.8. The van der Waals surface area contributed by atoms with Gasteiger partial charge in [0.1, 0.15) is 0 Å². The Hall–Kier alpha value is 0.849. The zero-order chi connectivity index (χ0) is 19.3. The fraction of sp³-hybridized carbons (Fsp3) is 0.773. The third kappa shape index (κ3) is 9.47. The van der Waals surface area contributed by atoms with Gasteiger partial charge in [0.05, 0.1) is 0 Å². The van der Waals surface area contributed by atoms with Crippen molar-refractivity contribution in [1.29, 1.82) is 0 Å². The molecule has 2 aromatic rings. The van der Waals surface area contributed by atoms with Crippen molar-refractivity contribution in [2.24, 2.45) is 0 Å². The predicted octanol–water partition coefficient (Wildman–Crippen LogP) is 9.29. The van der Waals surface area contributed by atoms with E-state index in [2.05, 4.69) is 38.8 Å². The zero-order valence-corrected chi connectivity index (χ0v) is 22.5. The van der Waals surface area contributed by atoms with Crippen molar-refractivity contribution in [2.75, 3.05) is 0 Å². The fourth-order valence-electron chi connectivity index (χ4n) is 3.56. The molecule has 0 aliphatic carbocycles. The first-order valence-corrected chi connectivity index (χ1v) is 15.1. The summed E-state index contributed by atoms with van der Waals surface area (Å²) in [6, 6.07) is 0. The van der Waals surface area contributed by atoms with Crippen LogP contribution in [0.25, 0.3) is 9.78 Å². The summed E-state index contributed by atoms with van der Waals surface area (Å²) in [6.07, 6.45) is 22.7. The molecule has 0 saturated heterocycles. The van der Waals surface area contributed by atoms with Crippen LogP contribution in [0.1, 0.15) is 108 Å². The van der Waals surface area contributed by atoms with Gasteiger partial charge in [0.25, 0.3) is 0 Å². The Morgan fingerprint density at radius 1 is 0.704 bits per heavy atom. The van der Waals surface area contributed by atoms with Gasteiger partial charge in [0, 0.05) is 0 Å². The molecular weight excluding hydrogens is 549 g/mol. The van der Waals surface area contributed by atoms with Gasteiger partial charge < -0.3 is 0 Å². The molecular formula is C22H35Br2NSSe. The second-order valence-corrected chi connectivity index (χ2v) is 13.6. The number of unbranched alkanes of at least 4 members (excludes halogenated alkanes) is 14. The van der Waals surface area contributed by atoms with Crippen LogP contribution in [-0.2, 0) is 6.42 Å². The summed E-state index contributed by atoms with van der Waals surface area (Å²) in [5, 5.41) is 0. The van der Waals surface area contributed by atoms with Crippen molar-refractivity contribution in [2.45, 2.75) is 110 Å². The molecule has 0 spiro atoms. The predicted molar refractivity (Wildman–Crippen MR) is 131 cm³/mol. The molecule has 27 heavy (non-hydrogen) atoms. The Kier molecular flexibility index (Phi) is 13.2. The van der Waals surface area contributed by atoms with Crippen LogP contribution in [0.5, 0.6) is 0 Å². The summed E-state index contributed by atoms with van der Waals surface area (Å²) in [4.78, 5) is 4.85. The molecule has 2 aromatic heterocycles. The van der Waals surface area contributed by atoms with E-state index in [4.69, 9.17) is 4.98 Å². The number of hydrogen-bond donors (Lipinski definition) is 0. The van der Waals surface area contributed by atoms with E-state index in [0.29, 0.717) is 14.5 Å². The van der Waals surface area contributed by atoms with Crippen LogP contribution in [0.4, 0.5) is 0 Å². The number of hydrogen-bond acceptors (Lipinski definition) is 2. The van der Waals surface area contributed by atoms with Crippen LogP contribution < -0.4 is 0 Å². The standard InChI is InChI=1S/C22H35Br2NSSe/c1-2-3-4-5-6-7-8-9-10-11-12-13-14-15-16-17-18-25-19-20(27-18)22(24)26-21(19)23/h2-17H2,1H3. The minimum absolute atomic E-state index is 0.451. The fourth-order valence-corrected chi connectivity index (χ4v) is 9.57. The Balaban J connectivity index is 1.38.